The molecule has 1 spiro atoms. The van der Waals surface area contributed by atoms with Crippen molar-refractivity contribution in [1.29, 1.82) is 0 Å². The van der Waals surface area contributed by atoms with Gasteiger partial charge in [0.25, 0.3) is 0 Å². The zero-order chi connectivity index (χ0) is 22.3. The minimum Gasteiger partial charge on any atom is -0.250 e. The standard InChI is InChI=1S/C12H4F12O4P/c13-9(14,15)7(10(16,17)18)8(11(19,20)21,12(22,23)24)28-29(27-7)25-5-3-1-2-4-6(5)26-29/h1-4H/q+1. The molecule has 1 aromatic rings. The highest BCUT2D eigenvalue weighted by Gasteiger charge is 3.07. The molecule has 1 fully saturated rings. The number of halogens is 12. The minimum absolute atomic E-state index is 0.778. The molecule has 0 amide bonds. The largest absolute Gasteiger partial charge is 0.672 e. The molecule has 0 saturated carbocycles. The SMILES string of the molecule is FC(F)(F)C1(C(F)(F)F)O[P+]2(Oc3ccccc3O2)OC1(C(F)(F)F)C(F)(F)F. The normalized spacial score (nSPS) is 22.9. The molecule has 1 aromatic carbocycles. The van der Waals surface area contributed by atoms with Crippen LogP contribution < -0.4 is 9.05 Å². The Morgan fingerprint density at radius 2 is 0.828 bits per heavy atom. The number of para-hydroxylation sites is 2. The van der Waals surface area contributed by atoms with E-state index in [4.69, 9.17) is 0 Å². The second-order valence-corrected chi connectivity index (χ2v) is 7.24. The van der Waals surface area contributed by atoms with Crippen molar-refractivity contribution in [2.24, 2.45) is 0 Å². The van der Waals surface area contributed by atoms with Crippen molar-refractivity contribution in [3.63, 3.8) is 0 Å². The van der Waals surface area contributed by atoms with Gasteiger partial charge in [0.1, 0.15) is 0 Å². The number of fused-ring (bicyclic) bond motifs is 1. The van der Waals surface area contributed by atoms with E-state index in [-0.39, 0.29) is 0 Å². The molecule has 29 heavy (non-hydrogen) atoms. The number of benzene rings is 1. The highest BCUT2D eigenvalue weighted by Crippen LogP contribution is 2.84. The van der Waals surface area contributed by atoms with Crippen LogP contribution in [0.15, 0.2) is 24.3 Å². The van der Waals surface area contributed by atoms with E-state index in [2.05, 4.69) is 18.1 Å². The summed E-state index contributed by atoms with van der Waals surface area (Å²) in [6, 6.07) is 3.70. The van der Waals surface area contributed by atoms with Crippen LogP contribution in [-0.4, -0.2) is 35.9 Å². The van der Waals surface area contributed by atoms with Gasteiger partial charge in [0.2, 0.25) is 11.5 Å². The molecule has 0 radical (unpaired) electrons. The van der Waals surface area contributed by atoms with Gasteiger partial charge >= 0.3 is 44.1 Å². The average Bonchev–Trinajstić information content (AvgIpc) is 3.01. The molecular formula is C12H4F12O4P+. The van der Waals surface area contributed by atoms with Gasteiger partial charge in [0.05, 0.1) is 0 Å². The van der Waals surface area contributed by atoms with Crippen molar-refractivity contribution in [3.05, 3.63) is 24.3 Å². The van der Waals surface area contributed by atoms with Crippen LogP contribution in [0.2, 0.25) is 0 Å². The van der Waals surface area contributed by atoms with Gasteiger partial charge in [-0.15, -0.1) is 9.05 Å². The number of hydrogen-bond acceptors (Lipinski definition) is 4. The molecule has 17 heteroatoms. The van der Waals surface area contributed by atoms with E-state index in [0.717, 1.165) is 24.3 Å². The Morgan fingerprint density at radius 3 is 1.07 bits per heavy atom. The molecule has 0 bridgehead atoms. The first-order valence-corrected chi connectivity index (χ1v) is 8.35. The topological polar surface area (TPSA) is 36.9 Å². The Hall–Kier alpha value is -1.67. The van der Waals surface area contributed by atoms with Crippen LogP contribution in [0.5, 0.6) is 11.5 Å². The summed E-state index contributed by atoms with van der Waals surface area (Å²) in [5, 5.41) is 0. The zero-order valence-corrected chi connectivity index (χ0v) is 13.8. The molecule has 0 aliphatic carbocycles. The predicted octanol–water partition coefficient (Wildman–Crippen LogP) is 5.91. The van der Waals surface area contributed by atoms with E-state index in [1.165, 1.54) is 0 Å². The molecule has 2 heterocycles. The van der Waals surface area contributed by atoms with Gasteiger partial charge in [-0.05, 0) is 12.1 Å². The number of hydrogen-bond donors (Lipinski definition) is 0. The summed E-state index contributed by atoms with van der Waals surface area (Å²) in [5.74, 6) is -1.56. The first-order valence-electron chi connectivity index (χ1n) is 6.89. The van der Waals surface area contributed by atoms with Crippen LogP contribution in [0, 0.1) is 0 Å². The summed E-state index contributed by atoms with van der Waals surface area (Å²) in [6.45, 7) is 0. The highest BCUT2D eigenvalue weighted by atomic mass is 31.2. The lowest BCUT2D eigenvalue weighted by Crippen LogP contribution is -2.79. The molecule has 4 nitrogen and oxygen atoms in total. The zero-order valence-electron chi connectivity index (χ0n) is 12.9. The van der Waals surface area contributed by atoms with Crippen molar-refractivity contribution >= 4 is 8.17 Å². The van der Waals surface area contributed by atoms with Crippen LogP contribution in [0.4, 0.5) is 52.7 Å². The van der Waals surface area contributed by atoms with Gasteiger partial charge in [-0.3, -0.25) is 0 Å². The molecule has 0 atom stereocenters. The van der Waals surface area contributed by atoms with Crippen molar-refractivity contribution in [1.82, 2.24) is 0 Å². The third-order valence-corrected chi connectivity index (χ3v) is 5.70. The maximum Gasteiger partial charge on any atom is 0.672 e. The average molecular weight is 471 g/mol. The van der Waals surface area contributed by atoms with Gasteiger partial charge in [0.15, 0.2) is 0 Å². The van der Waals surface area contributed by atoms with E-state index >= 15 is 0 Å². The predicted molar refractivity (Wildman–Crippen MR) is 66.5 cm³/mol. The van der Waals surface area contributed by atoms with E-state index < -0.39 is 55.6 Å². The molecule has 0 N–H and O–H groups in total. The molecule has 3 rings (SSSR count). The maximum absolute atomic E-state index is 13.4. The lowest BCUT2D eigenvalue weighted by atomic mass is 9.79. The summed E-state index contributed by atoms with van der Waals surface area (Å²) in [7, 11) is -5.99. The van der Waals surface area contributed by atoms with Crippen LogP contribution >= 0.6 is 8.17 Å². The van der Waals surface area contributed by atoms with Crippen molar-refractivity contribution in [2.75, 3.05) is 0 Å². The Labute approximate surface area is 151 Å². The van der Waals surface area contributed by atoms with E-state index in [1.807, 2.05) is 0 Å². The third kappa shape index (κ3) is 2.68. The van der Waals surface area contributed by atoms with Crippen molar-refractivity contribution < 1.29 is 70.8 Å². The molecular weight excluding hydrogens is 467 g/mol. The lowest BCUT2D eigenvalue weighted by Gasteiger charge is -2.40. The van der Waals surface area contributed by atoms with Gasteiger partial charge in [-0.2, -0.15) is 52.7 Å². The lowest BCUT2D eigenvalue weighted by molar-refractivity contribution is -0.464. The Morgan fingerprint density at radius 1 is 0.552 bits per heavy atom. The molecule has 164 valence electrons. The van der Waals surface area contributed by atoms with E-state index in [9.17, 15) is 52.7 Å². The maximum atomic E-state index is 13.4. The highest BCUT2D eigenvalue weighted by molar-refractivity contribution is 7.58. The summed E-state index contributed by atoms with van der Waals surface area (Å²) in [5.41, 5.74) is -13.9. The molecule has 0 aromatic heterocycles. The molecule has 2 aliphatic heterocycles. The minimum atomic E-state index is -7.32. The first kappa shape index (κ1) is 22.0. The quantitative estimate of drug-likeness (QED) is 0.349. The summed E-state index contributed by atoms with van der Waals surface area (Å²) in [4.78, 5) is 0. The second-order valence-electron chi connectivity index (χ2n) is 5.61. The fourth-order valence-corrected chi connectivity index (χ4v) is 5.09. The summed E-state index contributed by atoms with van der Waals surface area (Å²) in [6.07, 6.45) is -29.3. The Balaban J connectivity index is 2.36. The van der Waals surface area contributed by atoms with E-state index in [1.54, 1.807) is 0 Å². The Kier molecular flexibility index (Phi) is 4.35. The van der Waals surface area contributed by atoms with Crippen molar-refractivity contribution in [3.8, 4) is 11.5 Å². The van der Waals surface area contributed by atoms with Crippen LogP contribution in [0.25, 0.3) is 0 Å². The second kappa shape index (κ2) is 5.72. The van der Waals surface area contributed by atoms with Crippen LogP contribution in [0.3, 0.4) is 0 Å². The van der Waals surface area contributed by atoms with Gasteiger partial charge in [0, 0.05) is 0 Å². The molecule has 2 aliphatic rings. The summed E-state index contributed by atoms with van der Waals surface area (Å²) >= 11 is 0. The van der Waals surface area contributed by atoms with Gasteiger partial charge in [-0.1, -0.05) is 12.1 Å². The van der Waals surface area contributed by atoms with Crippen molar-refractivity contribution in [2.45, 2.75) is 35.9 Å². The summed E-state index contributed by atoms with van der Waals surface area (Å²) < 4.78 is 177. The number of rotatable bonds is 0. The molecule has 0 unspecified atom stereocenters. The monoisotopic (exact) mass is 471 g/mol. The number of alkyl halides is 12. The fourth-order valence-electron chi connectivity index (χ4n) is 2.74. The smallest absolute Gasteiger partial charge is 0.250 e. The Bertz CT molecular complexity index is 716. The van der Waals surface area contributed by atoms with Crippen LogP contribution in [0.1, 0.15) is 0 Å². The third-order valence-electron chi connectivity index (χ3n) is 3.86. The molecule has 1 saturated heterocycles. The van der Waals surface area contributed by atoms with Crippen LogP contribution in [-0.2, 0) is 9.05 Å². The van der Waals surface area contributed by atoms with E-state index in [0.29, 0.717) is 0 Å². The first-order chi connectivity index (χ1) is 12.8. The fraction of sp³-hybridized carbons (Fsp3) is 0.500. The van der Waals surface area contributed by atoms with Gasteiger partial charge < -0.3 is 0 Å². The van der Waals surface area contributed by atoms with Gasteiger partial charge in [-0.25, -0.2) is 9.05 Å².